The van der Waals surface area contributed by atoms with E-state index in [9.17, 15) is 0 Å². The Morgan fingerprint density at radius 3 is 2.74 bits per heavy atom. The largest absolute Gasteiger partial charge is 0.314 e. The van der Waals surface area contributed by atoms with Crippen molar-refractivity contribution < 1.29 is 0 Å². The Hall–Kier alpha value is -0.930. The SMILES string of the molecule is c1cncc(CCN2CCC(CNC3CC3)CC2)c1. The van der Waals surface area contributed by atoms with E-state index in [1.54, 1.807) is 0 Å². The van der Waals surface area contributed by atoms with E-state index in [1.165, 1.54) is 57.4 Å². The average Bonchev–Trinajstić information content (AvgIpc) is 3.29. The highest BCUT2D eigenvalue weighted by molar-refractivity contribution is 5.08. The molecule has 0 radical (unpaired) electrons. The quantitative estimate of drug-likeness (QED) is 0.848. The summed E-state index contributed by atoms with van der Waals surface area (Å²) in [6.07, 6.45) is 10.5. The molecule has 0 atom stereocenters. The molecule has 0 bridgehead atoms. The number of piperidine rings is 1. The summed E-state index contributed by atoms with van der Waals surface area (Å²) in [5.74, 6) is 0.912. The number of hydrogen-bond donors (Lipinski definition) is 1. The van der Waals surface area contributed by atoms with Crippen molar-refractivity contribution in [1.29, 1.82) is 0 Å². The predicted octanol–water partition coefficient (Wildman–Crippen LogP) is 2.09. The van der Waals surface area contributed by atoms with Crippen molar-refractivity contribution >= 4 is 0 Å². The van der Waals surface area contributed by atoms with Crippen LogP contribution in [0.2, 0.25) is 0 Å². The van der Waals surface area contributed by atoms with E-state index in [-0.39, 0.29) is 0 Å². The highest BCUT2D eigenvalue weighted by Gasteiger charge is 2.24. The molecule has 0 unspecified atom stereocenters. The van der Waals surface area contributed by atoms with Crippen LogP contribution in [-0.4, -0.2) is 42.1 Å². The van der Waals surface area contributed by atoms with E-state index in [0.29, 0.717) is 0 Å². The number of nitrogens with zero attached hydrogens (tertiary/aromatic N) is 2. The molecule has 3 rings (SSSR count). The van der Waals surface area contributed by atoms with Gasteiger partial charge < -0.3 is 10.2 Å². The zero-order chi connectivity index (χ0) is 12.9. The number of pyridine rings is 1. The third-order valence-corrected chi connectivity index (χ3v) is 4.42. The number of hydrogen-bond acceptors (Lipinski definition) is 3. The van der Waals surface area contributed by atoms with Crippen molar-refractivity contribution in [2.75, 3.05) is 26.2 Å². The van der Waals surface area contributed by atoms with E-state index in [4.69, 9.17) is 0 Å². The van der Waals surface area contributed by atoms with Gasteiger partial charge in [-0.1, -0.05) is 6.07 Å². The van der Waals surface area contributed by atoms with E-state index < -0.39 is 0 Å². The fraction of sp³-hybridized carbons (Fsp3) is 0.688. The standard InChI is InChI=1S/C16H25N3/c1-2-14(12-17-8-1)5-9-19-10-6-15(7-11-19)13-18-16-3-4-16/h1-2,8,12,15-16,18H,3-7,9-11,13H2. The first-order valence-electron chi connectivity index (χ1n) is 7.75. The monoisotopic (exact) mass is 259 g/mol. The van der Waals surface area contributed by atoms with Crippen molar-refractivity contribution in [2.45, 2.75) is 38.1 Å². The normalized spacial score (nSPS) is 21.7. The molecule has 1 saturated heterocycles. The Morgan fingerprint density at radius 2 is 2.05 bits per heavy atom. The van der Waals surface area contributed by atoms with Gasteiger partial charge >= 0.3 is 0 Å². The van der Waals surface area contributed by atoms with Gasteiger partial charge in [0, 0.05) is 25.0 Å². The number of rotatable bonds is 6. The molecule has 3 heteroatoms. The maximum Gasteiger partial charge on any atom is 0.0300 e. The van der Waals surface area contributed by atoms with Crippen molar-refractivity contribution in [3.63, 3.8) is 0 Å². The summed E-state index contributed by atoms with van der Waals surface area (Å²) in [4.78, 5) is 6.79. The maximum absolute atomic E-state index is 4.18. The number of nitrogens with one attached hydrogen (secondary N) is 1. The molecule has 1 aromatic heterocycles. The zero-order valence-corrected chi connectivity index (χ0v) is 11.7. The second-order valence-corrected chi connectivity index (χ2v) is 6.08. The van der Waals surface area contributed by atoms with Crippen molar-refractivity contribution in [3.8, 4) is 0 Å². The summed E-state index contributed by atoms with van der Waals surface area (Å²) in [6.45, 7) is 4.99. The molecule has 2 fully saturated rings. The Morgan fingerprint density at radius 1 is 1.21 bits per heavy atom. The highest BCUT2D eigenvalue weighted by Crippen LogP contribution is 2.21. The van der Waals surface area contributed by atoms with Gasteiger partial charge in [0.15, 0.2) is 0 Å². The maximum atomic E-state index is 4.18. The summed E-state index contributed by atoms with van der Waals surface area (Å²) in [5, 5.41) is 3.67. The second kappa shape index (κ2) is 6.49. The van der Waals surface area contributed by atoms with Crippen molar-refractivity contribution in [1.82, 2.24) is 15.2 Å². The van der Waals surface area contributed by atoms with Gasteiger partial charge in [-0.2, -0.15) is 0 Å². The van der Waals surface area contributed by atoms with Crippen LogP contribution in [0.5, 0.6) is 0 Å². The van der Waals surface area contributed by atoms with Crippen LogP contribution in [0, 0.1) is 5.92 Å². The lowest BCUT2D eigenvalue weighted by Gasteiger charge is -2.32. The van der Waals surface area contributed by atoms with Gasteiger partial charge in [0.2, 0.25) is 0 Å². The van der Waals surface area contributed by atoms with E-state index >= 15 is 0 Å². The molecular formula is C16H25N3. The first-order valence-corrected chi connectivity index (χ1v) is 7.75. The van der Waals surface area contributed by atoms with E-state index in [2.05, 4.69) is 21.3 Å². The molecule has 0 aromatic carbocycles. The summed E-state index contributed by atoms with van der Waals surface area (Å²) in [7, 11) is 0. The fourth-order valence-electron chi connectivity index (χ4n) is 2.87. The Balaban J connectivity index is 1.33. The molecule has 1 aliphatic heterocycles. The minimum absolute atomic E-state index is 0.864. The van der Waals surface area contributed by atoms with Crippen LogP contribution in [0.25, 0.3) is 0 Å². The van der Waals surface area contributed by atoms with E-state index in [0.717, 1.165) is 18.4 Å². The fourth-order valence-corrected chi connectivity index (χ4v) is 2.87. The van der Waals surface area contributed by atoms with Crippen LogP contribution in [0.1, 0.15) is 31.2 Å². The second-order valence-electron chi connectivity index (χ2n) is 6.08. The third-order valence-electron chi connectivity index (χ3n) is 4.42. The minimum Gasteiger partial charge on any atom is -0.314 e. The van der Waals surface area contributed by atoms with Gasteiger partial charge in [0.05, 0.1) is 0 Å². The average molecular weight is 259 g/mol. The summed E-state index contributed by atoms with van der Waals surface area (Å²) < 4.78 is 0. The lowest BCUT2D eigenvalue weighted by Crippen LogP contribution is -2.38. The molecule has 3 nitrogen and oxygen atoms in total. The first kappa shape index (κ1) is 13.1. The van der Waals surface area contributed by atoms with Gasteiger partial charge in [0.1, 0.15) is 0 Å². The van der Waals surface area contributed by atoms with Gasteiger partial charge in [0.25, 0.3) is 0 Å². The smallest absolute Gasteiger partial charge is 0.0300 e. The number of likely N-dealkylation sites (tertiary alicyclic amines) is 1. The molecule has 104 valence electrons. The van der Waals surface area contributed by atoms with Crippen molar-refractivity contribution in [2.24, 2.45) is 5.92 Å². The van der Waals surface area contributed by atoms with Gasteiger partial charge in [-0.05, 0) is 69.3 Å². The molecule has 0 amide bonds. The van der Waals surface area contributed by atoms with Crippen LogP contribution in [0.3, 0.4) is 0 Å². The highest BCUT2D eigenvalue weighted by atomic mass is 15.1. The molecule has 1 saturated carbocycles. The molecule has 19 heavy (non-hydrogen) atoms. The Labute approximate surface area is 116 Å². The molecule has 2 aliphatic rings. The van der Waals surface area contributed by atoms with Gasteiger partial charge in [-0.25, -0.2) is 0 Å². The lowest BCUT2D eigenvalue weighted by molar-refractivity contribution is 0.184. The molecule has 1 N–H and O–H groups in total. The summed E-state index contributed by atoms with van der Waals surface area (Å²) in [6, 6.07) is 5.08. The van der Waals surface area contributed by atoms with Crippen LogP contribution in [0.15, 0.2) is 24.5 Å². The van der Waals surface area contributed by atoms with Gasteiger partial charge in [-0.3, -0.25) is 4.98 Å². The molecule has 1 aliphatic carbocycles. The van der Waals surface area contributed by atoms with Crippen LogP contribution < -0.4 is 5.32 Å². The minimum atomic E-state index is 0.864. The first-order chi connectivity index (χ1) is 9.40. The summed E-state index contributed by atoms with van der Waals surface area (Å²) >= 11 is 0. The molecular weight excluding hydrogens is 234 g/mol. The molecule has 2 heterocycles. The Kier molecular flexibility index (Phi) is 4.46. The van der Waals surface area contributed by atoms with E-state index in [1.807, 2.05) is 18.5 Å². The van der Waals surface area contributed by atoms with Crippen LogP contribution in [0.4, 0.5) is 0 Å². The molecule has 0 spiro atoms. The lowest BCUT2D eigenvalue weighted by atomic mass is 9.96. The zero-order valence-electron chi connectivity index (χ0n) is 11.7. The number of aromatic nitrogens is 1. The summed E-state index contributed by atoms with van der Waals surface area (Å²) in [5.41, 5.74) is 1.36. The van der Waals surface area contributed by atoms with Crippen LogP contribution in [-0.2, 0) is 6.42 Å². The van der Waals surface area contributed by atoms with Gasteiger partial charge in [-0.15, -0.1) is 0 Å². The third kappa shape index (κ3) is 4.29. The topological polar surface area (TPSA) is 28.2 Å². The van der Waals surface area contributed by atoms with Crippen LogP contribution >= 0.6 is 0 Å². The van der Waals surface area contributed by atoms with Crippen molar-refractivity contribution in [3.05, 3.63) is 30.1 Å². The Bertz CT molecular complexity index is 367. The predicted molar refractivity (Wildman–Crippen MR) is 78.1 cm³/mol. The molecule has 1 aromatic rings.